The molecule has 0 aromatic heterocycles. The molecule has 1 unspecified atom stereocenters. The lowest BCUT2D eigenvalue weighted by molar-refractivity contribution is 0.340. The number of anilines is 1. The summed E-state index contributed by atoms with van der Waals surface area (Å²) in [4.78, 5) is 0. The van der Waals surface area contributed by atoms with E-state index in [0.29, 0.717) is 18.4 Å². The van der Waals surface area contributed by atoms with Crippen molar-refractivity contribution >= 4 is 11.5 Å². The zero-order valence-corrected chi connectivity index (χ0v) is 9.68. The molecule has 0 saturated carbocycles. The number of amidine groups is 1. The van der Waals surface area contributed by atoms with Crippen molar-refractivity contribution < 1.29 is 4.74 Å². The molecule has 0 aliphatic carbocycles. The molecule has 0 saturated heterocycles. The quantitative estimate of drug-likeness (QED) is 0.843. The highest BCUT2D eigenvalue weighted by Gasteiger charge is 2.20. The smallest absolute Gasteiger partial charge is 0.124 e. The summed E-state index contributed by atoms with van der Waals surface area (Å²) in [6.07, 6.45) is 0. The van der Waals surface area contributed by atoms with E-state index in [2.05, 4.69) is 12.0 Å². The third kappa shape index (κ3) is 2.10. The van der Waals surface area contributed by atoms with Crippen molar-refractivity contribution in [2.45, 2.75) is 13.8 Å². The Morgan fingerprint density at radius 2 is 2.12 bits per heavy atom. The lowest BCUT2D eigenvalue weighted by Gasteiger charge is -2.14. The molecule has 4 heteroatoms. The number of ether oxygens (including phenoxy) is 1. The summed E-state index contributed by atoms with van der Waals surface area (Å²) >= 11 is 0. The average Bonchev–Trinajstić information content (AvgIpc) is 2.61. The number of hydrogen-bond acceptors (Lipinski definition) is 4. The summed E-state index contributed by atoms with van der Waals surface area (Å²) in [6, 6.07) is 7.90. The van der Waals surface area contributed by atoms with Crippen LogP contribution in [-0.4, -0.2) is 19.0 Å². The van der Waals surface area contributed by atoms with Crippen LogP contribution in [0.25, 0.3) is 0 Å². The molecule has 1 atom stereocenters. The van der Waals surface area contributed by atoms with Crippen LogP contribution in [-0.2, 0) is 0 Å². The first-order valence-electron chi connectivity index (χ1n) is 5.55. The molecule has 2 rings (SSSR count). The van der Waals surface area contributed by atoms with Gasteiger partial charge >= 0.3 is 0 Å². The Balaban J connectivity index is 2.11. The topological polar surface area (TPSA) is 50.9 Å². The molecule has 0 bridgehead atoms. The fourth-order valence-corrected chi connectivity index (χ4v) is 1.68. The van der Waals surface area contributed by atoms with Crippen LogP contribution in [0, 0.1) is 5.92 Å². The van der Waals surface area contributed by atoms with Gasteiger partial charge in [-0.05, 0) is 31.2 Å². The monoisotopic (exact) mass is 219 g/mol. The maximum absolute atomic E-state index is 5.77. The van der Waals surface area contributed by atoms with Gasteiger partial charge in [-0.25, -0.2) is 0 Å². The number of benzene rings is 1. The van der Waals surface area contributed by atoms with Crippen molar-refractivity contribution in [3.63, 3.8) is 0 Å². The summed E-state index contributed by atoms with van der Waals surface area (Å²) in [7, 11) is 0. The first kappa shape index (κ1) is 10.8. The number of hydrazone groups is 1. The van der Waals surface area contributed by atoms with Crippen molar-refractivity contribution in [3.05, 3.63) is 24.3 Å². The molecular weight excluding hydrogens is 202 g/mol. The van der Waals surface area contributed by atoms with E-state index in [4.69, 9.17) is 10.5 Å². The normalized spacial score (nSPS) is 19.8. The maximum Gasteiger partial charge on any atom is 0.124 e. The summed E-state index contributed by atoms with van der Waals surface area (Å²) < 4.78 is 5.39. The molecule has 2 N–H and O–H groups in total. The van der Waals surface area contributed by atoms with Gasteiger partial charge in [-0.1, -0.05) is 6.92 Å². The van der Waals surface area contributed by atoms with E-state index in [1.54, 1.807) is 0 Å². The average molecular weight is 219 g/mol. The van der Waals surface area contributed by atoms with Crippen LogP contribution in [0.1, 0.15) is 13.8 Å². The molecule has 1 heterocycles. The first-order valence-corrected chi connectivity index (χ1v) is 5.55. The van der Waals surface area contributed by atoms with E-state index in [9.17, 15) is 0 Å². The van der Waals surface area contributed by atoms with Gasteiger partial charge in [-0.2, -0.15) is 5.10 Å². The van der Waals surface area contributed by atoms with Gasteiger partial charge in [-0.15, -0.1) is 0 Å². The van der Waals surface area contributed by atoms with Gasteiger partial charge in [0, 0.05) is 5.92 Å². The zero-order valence-electron chi connectivity index (χ0n) is 9.68. The molecule has 1 aromatic rings. The summed E-state index contributed by atoms with van der Waals surface area (Å²) in [5.41, 5.74) is 6.82. The lowest BCUT2D eigenvalue weighted by atomic mass is 10.2. The molecule has 16 heavy (non-hydrogen) atoms. The van der Waals surface area contributed by atoms with Gasteiger partial charge in [0.1, 0.15) is 11.6 Å². The molecule has 0 amide bonds. The highest BCUT2D eigenvalue weighted by atomic mass is 16.5. The largest absolute Gasteiger partial charge is 0.494 e. The minimum atomic E-state index is 0.326. The Hall–Kier alpha value is -1.71. The van der Waals surface area contributed by atoms with E-state index in [-0.39, 0.29) is 0 Å². The SMILES string of the molecule is CCOc1ccc(N2CC(C)C(N)=N2)cc1. The van der Waals surface area contributed by atoms with Crippen LogP contribution in [0.2, 0.25) is 0 Å². The third-order valence-corrected chi connectivity index (χ3v) is 2.63. The second-order valence-electron chi connectivity index (χ2n) is 3.93. The second kappa shape index (κ2) is 4.43. The first-order chi connectivity index (χ1) is 7.70. The minimum absolute atomic E-state index is 0.326. The van der Waals surface area contributed by atoms with Crippen molar-refractivity contribution in [1.82, 2.24) is 0 Å². The summed E-state index contributed by atoms with van der Waals surface area (Å²) in [6.45, 7) is 5.58. The molecule has 0 radical (unpaired) electrons. The number of nitrogens with zero attached hydrogens (tertiary/aromatic N) is 2. The molecule has 1 aliphatic rings. The predicted octanol–water partition coefficient (Wildman–Crippen LogP) is 1.81. The second-order valence-corrected chi connectivity index (χ2v) is 3.93. The molecular formula is C12H17N3O. The molecule has 1 aliphatic heterocycles. The van der Waals surface area contributed by atoms with Crippen LogP contribution >= 0.6 is 0 Å². The van der Waals surface area contributed by atoms with E-state index in [1.165, 1.54) is 0 Å². The maximum atomic E-state index is 5.77. The summed E-state index contributed by atoms with van der Waals surface area (Å²) in [5, 5.41) is 6.23. The molecule has 0 fully saturated rings. The zero-order chi connectivity index (χ0) is 11.5. The van der Waals surface area contributed by atoms with Crippen LogP contribution in [0.3, 0.4) is 0 Å². The fourth-order valence-electron chi connectivity index (χ4n) is 1.68. The fraction of sp³-hybridized carbons (Fsp3) is 0.417. The van der Waals surface area contributed by atoms with E-state index in [1.807, 2.05) is 36.2 Å². The highest BCUT2D eigenvalue weighted by Crippen LogP contribution is 2.23. The van der Waals surface area contributed by atoms with Gasteiger partial charge in [0.2, 0.25) is 0 Å². The number of hydrogen-bond donors (Lipinski definition) is 1. The van der Waals surface area contributed by atoms with Crippen LogP contribution in [0.15, 0.2) is 29.4 Å². The van der Waals surface area contributed by atoms with Crippen molar-refractivity contribution in [3.8, 4) is 5.75 Å². The molecule has 1 aromatic carbocycles. The van der Waals surface area contributed by atoms with Crippen molar-refractivity contribution in [1.29, 1.82) is 0 Å². The Labute approximate surface area is 95.7 Å². The van der Waals surface area contributed by atoms with E-state index in [0.717, 1.165) is 18.0 Å². The van der Waals surface area contributed by atoms with Crippen LogP contribution in [0.5, 0.6) is 5.75 Å². The van der Waals surface area contributed by atoms with Crippen LogP contribution < -0.4 is 15.5 Å². The lowest BCUT2D eigenvalue weighted by Crippen LogP contribution is -2.20. The highest BCUT2D eigenvalue weighted by molar-refractivity contribution is 5.86. The van der Waals surface area contributed by atoms with Gasteiger partial charge in [-0.3, -0.25) is 5.01 Å². The molecule has 86 valence electrons. The molecule has 0 spiro atoms. The number of nitrogens with two attached hydrogens (primary N) is 1. The Bertz CT molecular complexity index is 386. The Kier molecular flexibility index (Phi) is 2.99. The van der Waals surface area contributed by atoms with Gasteiger partial charge in [0.25, 0.3) is 0 Å². The van der Waals surface area contributed by atoms with Crippen molar-refractivity contribution in [2.24, 2.45) is 16.8 Å². The van der Waals surface area contributed by atoms with E-state index < -0.39 is 0 Å². The standard InChI is InChI=1S/C12H17N3O/c1-3-16-11-6-4-10(5-7-11)15-8-9(2)12(13)14-15/h4-7,9H,3,8H2,1-2H3,(H2,13,14). The van der Waals surface area contributed by atoms with Crippen molar-refractivity contribution in [2.75, 3.05) is 18.2 Å². The Morgan fingerprint density at radius 1 is 1.44 bits per heavy atom. The van der Waals surface area contributed by atoms with E-state index >= 15 is 0 Å². The number of rotatable bonds is 3. The van der Waals surface area contributed by atoms with Gasteiger partial charge in [0.05, 0.1) is 18.8 Å². The molecule has 4 nitrogen and oxygen atoms in total. The third-order valence-electron chi connectivity index (χ3n) is 2.63. The van der Waals surface area contributed by atoms with Crippen LogP contribution in [0.4, 0.5) is 5.69 Å². The summed E-state index contributed by atoms with van der Waals surface area (Å²) in [5.74, 6) is 1.91. The van der Waals surface area contributed by atoms with Gasteiger partial charge in [0.15, 0.2) is 0 Å². The predicted molar refractivity (Wildman–Crippen MR) is 65.7 cm³/mol. The van der Waals surface area contributed by atoms with Gasteiger partial charge < -0.3 is 10.5 Å². The minimum Gasteiger partial charge on any atom is -0.494 e. The Morgan fingerprint density at radius 3 is 2.62 bits per heavy atom.